The number of rotatable bonds is 8. The molecule has 0 saturated heterocycles. The van der Waals surface area contributed by atoms with Gasteiger partial charge in [-0.3, -0.25) is 0 Å². The first-order valence-electron chi connectivity index (χ1n) is 6.72. The highest BCUT2D eigenvalue weighted by Gasteiger charge is 2.31. The maximum atomic E-state index is 12.5. The standard InChI is InChI=1S/C13H21F3N4O/c1-4-11(17-2)9-20(5-6-21-3)12-18-7-10(8-19-12)13(14,15)16/h7-8,11,17H,4-6,9H2,1-3H3/t11-/m0/s1. The average Bonchev–Trinajstić information content (AvgIpc) is 2.47. The molecule has 0 saturated carbocycles. The molecule has 1 aromatic rings. The Morgan fingerprint density at radius 1 is 1.33 bits per heavy atom. The van der Waals surface area contributed by atoms with Crippen molar-refractivity contribution < 1.29 is 17.9 Å². The molecule has 1 aromatic heterocycles. The second-order valence-electron chi connectivity index (χ2n) is 4.60. The lowest BCUT2D eigenvalue weighted by Crippen LogP contribution is -2.41. The van der Waals surface area contributed by atoms with Crippen LogP contribution >= 0.6 is 0 Å². The van der Waals surface area contributed by atoms with E-state index in [-0.39, 0.29) is 12.0 Å². The number of ether oxygens (including phenoxy) is 1. The first-order valence-corrected chi connectivity index (χ1v) is 6.72. The van der Waals surface area contributed by atoms with Crippen LogP contribution in [0, 0.1) is 0 Å². The summed E-state index contributed by atoms with van der Waals surface area (Å²) in [6.45, 7) is 3.59. The molecular formula is C13H21F3N4O. The van der Waals surface area contributed by atoms with Gasteiger partial charge in [-0.25, -0.2) is 9.97 Å². The summed E-state index contributed by atoms with van der Waals surface area (Å²) >= 11 is 0. The minimum Gasteiger partial charge on any atom is -0.383 e. The fourth-order valence-corrected chi connectivity index (χ4v) is 1.80. The minimum absolute atomic E-state index is 0.202. The summed E-state index contributed by atoms with van der Waals surface area (Å²) in [7, 11) is 3.41. The third kappa shape index (κ3) is 5.47. The van der Waals surface area contributed by atoms with E-state index in [1.54, 1.807) is 7.11 Å². The molecule has 5 nitrogen and oxygen atoms in total. The molecule has 1 atom stereocenters. The van der Waals surface area contributed by atoms with E-state index in [9.17, 15) is 13.2 Å². The first-order chi connectivity index (χ1) is 9.92. The second-order valence-corrected chi connectivity index (χ2v) is 4.60. The van der Waals surface area contributed by atoms with Crippen molar-refractivity contribution in [1.29, 1.82) is 0 Å². The molecular weight excluding hydrogens is 285 g/mol. The Labute approximate surface area is 122 Å². The SMILES string of the molecule is CC[C@@H](CN(CCOC)c1ncc(C(F)(F)F)cn1)NC. The van der Waals surface area contributed by atoms with Crippen LogP contribution in [0.1, 0.15) is 18.9 Å². The van der Waals surface area contributed by atoms with Crippen LogP contribution in [0.2, 0.25) is 0 Å². The van der Waals surface area contributed by atoms with Gasteiger partial charge in [-0.15, -0.1) is 0 Å². The van der Waals surface area contributed by atoms with Gasteiger partial charge in [0.15, 0.2) is 0 Å². The maximum Gasteiger partial charge on any atom is 0.419 e. The highest BCUT2D eigenvalue weighted by molar-refractivity contribution is 5.30. The van der Waals surface area contributed by atoms with Crippen LogP contribution in [0.3, 0.4) is 0 Å². The molecule has 1 rings (SSSR count). The van der Waals surface area contributed by atoms with Gasteiger partial charge in [0.2, 0.25) is 5.95 Å². The van der Waals surface area contributed by atoms with Crippen LogP contribution in [-0.4, -0.2) is 49.9 Å². The molecule has 8 heteroatoms. The molecule has 0 radical (unpaired) electrons. The van der Waals surface area contributed by atoms with Gasteiger partial charge in [-0.05, 0) is 13.5 Å². The third-order valence-corrected chi connectivity index (χ3v) is 3.16. The third-order valence-electron chi connectivity index (χ3n) is 3.16. The predicted molar refractivity (Wildman–Crippen MR) is 74.3 cm³/mol. The average molecular weight is 306 g/mol. The molecule has 0 fully saturated rings. The molecule has 1 heterocycles. The van der Waals surface area contributed by atoms with E-state index >= 15 is 0 Å². The lowest BCUT2D eigenvalue weighted by atomic mass is 10.2. The van der Waals surface area contributed by atoms with Gasteiger partial charge in [0, 0.05) is 38.6 Å². The number of nitrogens with one attached hydrogen (secondary N) is 1. The smallest absolute Gasteiger partial charge is 0.383 e. The number of alkyl halides is 3. The fraction of sp³-hybridized carbons (Fsp3) is 0.692. The molecule has 0 unspecified atom stereocenters. The quantitative estimate of drug-likeness (QED) is 0.795. The van der Waals surface area contributed by atoms with Crippen molar-refractivity contribution >= 4 is 5.95 Å². The lowest BCUT2D eigenvalue weighted by molar-refractivity contribution is -0.138. The fourth-order valence-electron chi connectivity index (χ4n) is 1.80. The summed E-state index contributed by atoms with van der Waals surface area (Å²) in [6, 6.07) is 0.202. The number of methoxy groups -OCH3 is 1. The van der Waals surface area contributed by atoms with E-state index in [2.05, 4.69) is 15.3 Å². The normalized spacial score (nSPS) is 13.2. The Morgan fingerprint density at radius 2 is 1.95 bits per heavy atom. The molecule has 120 valence electrons. The summed E-state index contributed by atoms with van der Waals surface area (Å²) in [5.41, 5.74) is -0.849. The zero-order valence-corrected chi connectivity index (χ0v) is 12.4. The van der Waals surface area contributed by atoms with Crippen molar-refractivity contribution in [3.05, 3.63) is 18.0 Å². The van der Waals surface area contributed by atoms with Crippen molar-refractivity contribution in [3.63, 3.8) is 0 Å². The second kappa shape index (κ2) is 8.14. The van der Waals surface area contributed by atoms with Crippen molar-refractivity contribution in [3.8, 4) is 0 Å². The number of nitrogens with zero attached hydrogens (tertiary/aromatic N) is 3. The Bertz CT molecular complexity index is 407. The van der Waals surface area contributed by atoms with Gasteiger partial charge in [-0.2, -0.15) is 13.2 Å². The van der Waals surface area contributed by atoms with E-state index in [4.69, 9.17) is 4.74 Å². The molecule has 0 aliphatic heterocycles. The van der Waals surface area contributed by atoms with Crippen molar-refractivity contribution in [1.82, 2.24) is 15.3 Å². The Kier molecular flexibility index (Phi) is 6.83. The zero-order chi connectivity index (χ0) is 15.9. The first kappa shape index (κ1) is 17.6. The number of aromatic nitrogens is 2. The van der Waals surface area contributed by atoms with Crippen LogP contribution in [0.5, 0.6) is 0 Å². The van der Waals surface area contributed by atoms with Gasteiger partial charge in [-0.1, -0.05) is 6.92 Å². The van der Waals surface area contributed by atoms with Crippen molar-refractivity contribution in [2.24, 2.45) is 0 Å². The topological polar surface area (TPSA) is 50.3 Å². The largest absolute Gasteiger partial charge is 0.419 e. The number of likely N-dealkylation sites (N-methyl/N-ethyl adjacent to an activating group) is 1. The molecule has 0 aliphatic rings. The van der Waals surface area contributed by atoms with E-state index in [0.717, 1.165) is 18.8 Å². The predicted octanol–water partition coefficient (Wildman–Crippen LogP) is 1.95. The highest BCUT2D eigenvalue weighted by atomic mass is 19.4. The van der Waals surface area contributed by atoms with E-state index in [1.807, 2.05) is 18.9 Å². The summed E-state index contributed by atoms with van der Waals surface area (Å²) < 4.78 is 42.6. The molecule has 21 heavy (non-hydrogen) atoms. The lowest BCUT2D eigenvalue weighted by Gasteiger charge is -2.26. The number of anilines is 1. The van der Waals surface area contributed by atoms with Gasteiger partial charge in [0.1, 0.15) is 0 Å². The van der Waals surface area contributed by atoms with Gasteiger partial charge in [0.25, 0.3) is 0 Å². The van der Waals surface area contributed by atoms with Gasteiger partial charge in [0.05, 0.1) is 12.2 Å². The molecule has 0 aliphatic carbocycles. The Balaban J connectivity index is 2.86. The molecule has 1 N–H and O–H groups in total. The number of halogens is 3. The highest BCUT2D eigenvalue weighted by Crippen LogP contribution is 2.28. The molecule has 0 spiro atoms. The van der Waals surface area contributed by atoms with Crippen LogP contribution < -0.4 is 10.2 Å². The van der Waals surface area contributed by atoms with E-state index in [1.165, 1.54) is 0 Å². The van der Waals surface area contributed by atoms with Crippen LogP contribution in [0.4, 0.5) is 19.1 Å². The maximum absolute atomic E-state index is 12.5. The summed E-state index contributed by atoms with van der Waals surface area (Å²) in [5.74, 6) is 0.272. The summed E-state index contributed by atoms with van der Waals surface area (Å²) in [4.78, 5) is 9.48. The van der Waals surface area contributed by atoms with Crippen LogP contribution in [0.15, 0.2) is 12.4 Å². The van der Waals surface area contributed by atoms with Gasteiger partial charge >= 0.3 is 6.18 Å². The van der Waals surface area contributed by atoms with E-state index in [0.29, 0.717) is 19.7 Å². The van der Waals surface area contributed by atoms with Crippen molar-refractivity contribution in [2.75, 3.05) is 38.8 Å². The van der Waals surface area contributed by atoms with Gasteiger partial charge < -0.3 is 15.0 Å². The Hall–Kier alpha value is -1.41. The number of hydrogen-bond acceptors (Lipinski definition) is 5. The monoisotopic (exact) mass is 306 g/mol. The molecule has 0 amide bonds. The summed E-state index contributed by atoms with van der Waals surface area (Å²) in [5, 5.41) is 3.15. The molecule has 0 aromatic carbocycles. The molecule has 0 bridgehead atoms. The number of hydrogen-bond donors (Lipinski definition) is 1. The zero-order valence-electron chi connectivity index (χ0n) is 12.4. The van der Waals surface area contributed by atoms with Crippen LogP contribution in [0.25, 0.3) is 0 Å². The Morgan fingerprint density at radius 3 is 2.38 bits per heavy atom. The van der Waals surface area contributed by atoms with Crippen LogP contribution in [-0.2, 0) is 10.9 Å². The summed E-state index contributed by atoms with van der Waals surface area (Å²) in [6.07, 6.45) is -1.92. The van der Waals surface area contributed by atoms with Crippen molar-refractivity contribution in [2.45, 2.75) is 25.6 Å². The van der Waals surface area contributed by atoms with E-state index < -0.39 is 11.7 Å². The minimum atomic E-state index is -4.42.